The van der Waals surface area contributed by atoms with Gasteiger partial charge in [0.15, 0.2) is 6.10 Å². The SMILES string of the molecule is C/C(=C\C(=O)N1CCO[C@@H](C(N)=O)C1)c1cccc(F)c1. The molecule has 0 radical (unpaired) electrons. The Kier molecular flexibility index (Phi) is 4.70. The van der Waals surface area contributed by atoms with E-state index in [1.165, 1.54) is 23.1 Å². The Balaban J connectivity index is 2.09. The molecule has 1 aliphatic rings. The minimum atomic E-state index is -0.773. The molecular formula is C15H17FN2O3. The second-order valence-corrected chi connectivity index (χ2v) is 4.88. The maximum absolute atomic E-state index is 13.2. The molecule has 1 atom stereocenters. The van der Waals surface area contributed by atoms with Gasteiger partial charge in [0.1, 0.15) is 5.82 Å². The lowest BCUT2D eigenvalue weighted by Gasteiger charge is -2.30. The summed E-state index contributed by atoms with van der Waals surface area (Å²) in [5.74, 6) is -1.18. The molecular weight excluding hydrogens is 275 g/mol. The summed E-state index contributed by atoms with van der Waals surface area (Å²) < 4.78 is 18.4. The lowest BCUT2D eigenvalue weighted by atomic mass is 10.1. The Morgan fingerprint density at radius 1 is 1.48 bits per heavy atom. The van der Waals surface area contributed by atoms with E-state index >= 15 is 0 Å². The van der Waals surface area contributed by atoms with Crippen molar-refractivity contribution in [2.24, 2.45) is 5.73 Å². The van der Waals surface area contributed by atoms with Crippen molar-refractivity contribution in [2.45, 2.75) is 13.0 Å². The van der Waals surface area contributed by atoms with Gasteiger partial charge < -0.3 is 15.4 Å². The van der Waals surface area contributed by atoms with Gasteiger partial charge in [-0.1, -0.05) is 12.1 Å². The van der Waals surface area contributed by atoms with Crippen LogP contribution in [0.2, 0.25) is 0 Å². The molecule has 1 saturated heterocycles. The van der Waals surface area contributed by atoms with Crippen LogP contribution in [-0.4, -0.2) is 42.5 Å². The summed E-state index contributed by atoms with van der Waals surface area (Å²) >= 11 is 0. The number of ether oxygens (including phenoxy) is 1. The van der Waals surface area contributed by atoms with E-state index in [9.17, 15) is 14.0 Å². The number of rotatable bonds is 3. The summed E-state index contributed by atoms with van der Waals surface area (Å²) in [6.07, 6.45) is 0.656. The highest BCUT2D eigenvalue weighted by atomic mass is 19.1. The fraction of sp³-hybridized carbons (Fsp3) is 0.333. The Bertz CT molecular complexity index is 586. The van der Waals surface area contributed by atoms with Gasteiger partial charge in [-0.2, -0.15) is 0 Å². The number of hydrogen-bond donors (Lipinski definition) is 1. The van der Waals surface area contributed by atoms with Crippen molar-refractivity contribution in [3.8, 4) is 0 Å². The van der Waals surface area contributed by atoms with Crippen molar-refractivity contribution in [1.82, 2.24) is 4.90 Å². The smallest absolute Gasteiger partial charge is 0.248 e. The molecule has 6 heteroatoms. The molecule has 0 saturated carbocycles. The van der Waals surface area contributed by atoms with Crippen molar-refractivity contribution in [1.29, 1.82) is 0 Å². The first kappa shape index (κ1) is 15.2. The van der Waals surface area contributed by atoms with Gasteiger partial charge in [-0.15, -0.1) is 0 Å². The molecule has 2 N–H and O–H groups in total. The molecule has 5 nitrogen and oxygen atoms in total. The van der Waals surface area contributed by atoms with Crippen molar-refractivity contribution >= 4 is 17.4 Å². The van der Waals surface area contributed by atoms with Crippen LogP contribution in [0.5, 0.6) is 0 Å². The minimum absolute atomic E-state index is 0.140. The quantitative estimate of drug-likeness (QED) is 0.843. The number of nitrogens with zero attached hydrogens (tertiary/aromatic N) is 1. The number of amides is 2. The van der Waals surface area contributed by atoms with Gasteiger partial charge in [0.05, 0.1) is 13.2 Å². The molecule has 112 valence electrons. The van der Waals surface area contributed by atoms with E-state index in [2.05, 4.69) is 0 Å². The molecule has 2 rings (SSSR count). The maximum atomic E-state index is 13.2. The summed E-state index contributed by atoms with van der Waals surface area (Å²) in [6, 6.07) is 6.03. The fourth-order valence-electron chi connectivity index (χ4n) is 2.12. The molecule has 0 aliphatic carbocycles. The third-order valence-electron chi connectivity index (χ3n) is 3.32. The van der Waals surface area contributed by atoms with Crippen LogP contribution in [0.15, 0.2) is 30.3 Å². The molecule has 0 aromatic heterocycles. The Morgan fingerprint density at radius 3 is 2.90 bits per heavy atom. The zero-order chi connectivity index (χ0) is 15.4. The van der Waals surface area contributed by atoms with Gasteiger partial charge in [0, 0.05) is 12.6 Å². The number of halogens is 1. The van der Waals surface area contributed by atoms with Crippen LogP contribution in [0.3, 0.4) is 0 Å². The highest BCUT2D eigenvalue weighted by molar-refractivity contribution is 5.95. The molecule has 0 bridgehead atoms. The number of morpholine rings is 1. The molecule has 1 aliphatic heterocycles. The number of carbonyl (C=O) groups excluding carboxylic acids is 2. The van der Waals surface area contributed by atoms with Crippen molar-refractivity contribution in [3.05, 3.63) is 41.7 Å². The average molecular weight is 292 g/mol. The number of allylic oxidation sites excluding steroid dienone is 1. The number of hydrogen-bond acceptors (Lipinski definition) is 3. The zero-order valence-corrected chi connectivity index (χ0v) is 11.7. The van der Waals surface area contributed by atoms with Crippen LogP contribution in [0, 0.1) is 5.82 Å². The zero-order valence-electron chi connectivity index (χ0n) is 11.7. The van der Waals surface area contributed by atoms with Gasteiger partial charge in [-0.25, -0.2) is 4.39 Å². The Morgan fingerprint density at radius 2 is 2.24 bits per heavy atom. The third-order valence-corrected chi connectivity index (χ3v) is 3.32. The van der Waals surface area contributed by atoms with Gasteiger partial charge in [0.2, 0.25) is 11.8 Å². The summed E-state index contributed by atoms with van der Waals surface area (Å²) in [5, 5.41) is 0. The van der Waals surface area contributed by atoms with E-state index in [1.54, 1.807) is 19.1 Å². The van der Waals surface area contributed by atoms with Crippen LogP contribution in [0.25, 0.3) is 5.57 Å². The molecule has 1 aromatic rings. The largest absolute Gasteiger partial charge is 0.367 e. The van der Waals surface area contributed by atoms with Gasteiger partial charge in [-0.3, -0.25) is 9.59 Å². The number of benzene rings is 1. The molecule has 1 aromatic carbocycles. The van der Waals surface area contributed by atoms with E-state index in [4.69, 9.17) is 10.5 Å². The second-order valence-electron chi connectivity index (χ2n) is 4.88. The minimum Gasteiger partial charge on any atom is -0.367 e. The molecule has 21 heavy (non-hydrogen) atoms. The molecule has 1 fully saturated rings. The van der Waals surface area contributed by atoms with Gasteiger partial charge in [0.25, 0.3) is 0 Å². The second kappa shape index (κ2) is 6.49. The van der Waals surface area contributed by atoms with Crippen LogP contribution in [0.1, 0.15) is 12.5 Å². The fourth-order valence-corrected chi connectivity index (χ4v) is 2.12. The van der Waals surface area contributed by atoms with E-state index in [1.807, 2.05) is 0 Å². The topological polar surface area (TPSA) is 72.6 Å². The summed E-state index contributed by atoms with van der Waals surface area (Å²) in [4.78, 5) is 24.8. The van der Waals surface area contributed by atoms with Crippen LogP contribution < -0.4 is 5.73 Å². The standard InChI is InChI=1S/C15H17FN2O3/c1-10(11-3-2-4-12(16)8-11)7-14(19)18-5-6-21-13(9-18)15(17)20/h2-4,7-8,13H,5-6,9H2,1H3,(H2,17,20)/b10-7+/t13-/m1/s1. The molecule has 0 spiro atoms. The summed E-state index contributed by atoms with van der Waals surface area (Å²) in [5.41, 5.74) is 6.48. The lowest BCUT2D eigenvalue weighted by Crippen LogP contribution is -2.50. The average Bonchev–Trinajstić information content (AvgIpc) is 2.47. The Labute approximate surface area is 122 Å². The maximum Gasteiger partial charge on any atom is 0.248 e. The molecule has 1 heterocycles. The van der Waals surface area contributed by atoms with Crippen molar-refractivity contribution in [3.63, 3.8) is 0 Å². The number of nitrogens with two attached hydrogens (primary N) is 1. The highest BCUT2D eigenvalue weighted by Gasteiger charge is 2.26. The van der Waals surface area contributed by atoms with Gasteiger partial charge >= 0.3 is 0 Å². The Hall–Kier alpha value is -2.21. The monoisotopic (exact) mass is 292 g/mol. The number of carbonyl (C=O) groups is 2. The van der Waals surface area contributed by atoms with Crippen LogP contribution in [0.4, 0.5) is 4.39 Å². The molecule has 2 amide bonds. The van der Waals surface area contributed by atoms with E-state index in [0.29, 0.717) is 17.7 Å². The number of primary amides is 1. The van der Waals surface area contributed by atoms with Crippen molar-refractivity contribution < 1.29 is 18.7 Å². The summed E-state index contributed by atoms with van der Waals surface area (Å²) in [7, 11) is 0. The summed E-state index contributed by atoms with van der Waals surface area (Å²) in [6.45, 7) is 2.54. The predicted octanol–water partition coefficient (Wildman–Crippen LogP) is 0.942. The predicted molar refractivity (Wildman–Crippen MR) is 75.6 cm³/mol. The van der Waals surface area contributed by atoms with E-state index in [-0.39, 0.29) is 24.9 Å². The first-order valence-electron chi connectivity index (χ1n) is 6.61. The van der Waals surface area contributed by atoms with Gasteiger partial charge in [-0.05, 0) is 30.2 Å². The molecule has 0 unspecified atom stereocenters. The van der Waals surface area contributed by atoms with Crippen molar-refractivity contribution in [2.75, 3.05) is 19.7 Å². The highest BCUT2D eigenvalue weighted by Crippen LogP contribution is 2.16. The first-order chi connectivity index (χ1) is 9.97. The third kappa shape index (κ3) is 3.88. The lowest BCUT2D eigenvalue weighted by molar-refractivity contribution is -0.142. The normalized spacial score (nSPS) is 19.4. The van der Waals surface area contributed by atoms with E-state index in [0.717, 1.165) is 0 Å². The van der Waals surface area contributed by atoms with Crippen LogP contribution in [-0.2, 0) is 14.3 Å². The van der Waals surface area contributed by atoms with E-state index < -0.39 is 12.0 Å². The first-order valence-corrected chi connectivity index (χ1v) is 6.61. The van der Waals surface area contributed by atoms with Crippen LogP contribution >= 0.6 is 0 Å².